The van der Waals surface area contributed by atoms with E-state index in [9.17, 15) is 14.7 Å². The first kappa shape index (κ1) is 16.7. The Balaban J connectivity index is 1.83. The van der Waals surface area contributed by atoms with Gasteiger partial charge in [-0.1, -0.05) is 42.5 Å². The Morgan fingerprint density at radius 1 is 1.04 bits per heavy atom. The van der Waals surface area contributed by atoms with E-state index in [-0.39, 0.29) is 18.2 Å². The standard InChI is InChI=1S/C18H20N2O3/c1-19-18(23)15-9-7-13(8-10-15)12-20-17(22)11-16(21)14-5-3-2-4-6-14/h2-10,16,21H,11-12H2,1H3,(H,19,23)(H,20,22). The molecule has 0 radical (unpaired) electrons. The Hall–Kier alpha value is -2.66. The second kappa shape index (κ2) is 8.10. The summed E-state index contributed by atoms with van der Waals surface area (Å²) in [5.41, 5.74) is 2.18. The molecule has 2 amide bonds. The first-order valence-electron chi connectivity index (χ1n) is 7.41. The molecular formula is C18H20N2O3. The number of hydrogen-bond donors (Lipinski definition) is 3. The number of rotatable bonds is 6. The van der Waals surface area contributed by atoms with Crippen LogP contribution in [0.5, 0.6) is 0 Å². The van der Waals surface area contributed by atoms with Crippen LogP contribution in [0.15, 0.2) is 54.6 Å². The maximum absolute atomic E-state index is 11.9. The average molecular weight is 312 g/mol. The summed E-state index contributed by atoms with van der Waals surface area (Å²) in [5, 5.41) is 15.3. The maximum atomic E-state index is 11.9. The minimum absolute atomic E-state index is 0.0142. The summed E-state index contributed by atoms with van der Waals surface area (Å²) in [4.78, 5) is 23.3. The van der Waals surface area contributed by atoms with Gasteiger partial charge in [0.2, 0.25) is 5.91 Å². The highest BCUT2D eigenvalue weighted by molar-refractivity contribution is 5.93. The number of benzene rings is 2. The van der Waals surface area contributed by atoms with Gasteiger partial charge >= 0.3 is 0 Å². The van der Waals surface area contributed by atoms with Crippen molar-refractivity contribution < 1.29 is 14.7 Å². The van der Waals surface area contributed by atoms with E-state index >= 15 is 0 Å². The molecule has 5 nitrogen and oxygen atoms in total. The number of aliphatic hydroxyl groups excluding tert-OH is 1. The number of hydrogen-bond acceptors (Lipinski definition) is 3. The van der Waals surface area contributed by atoms with Gasteiger partial charge in [-0.3, -0.25) is 9.59 Å². The summed E-state index contributed by atoms with van der Waals surface area (Å²) < 4.78 is 0. The van der Waals surface area contributed by atoms with E-state index in [0.29, 0.717) is 12.1 Å². The number of aliphatic hydroxyl groups is 1. The highest BCUT2D eigenvalue weighted by atomic mass is 16.3. The largest absolute Gasteiger partial charge is 0.388 e. The predicted molar refractivity (Wildman–Crippen MR) is 87.7 cm³/mol. The zero-order chi connectivity index (χ0) is 16.7. The van der Waals surface area contributed by atoms with Gasteiger partial charge in [-0.2, -0.15) is 0 Å². The lowest BCUT2D eigenvalue weighted by molar-refractivity contribution is -0.123. The zero-order valence-electron chi connectivity index (χ0n) is 13.0. The molecule has 3 N–H and O–H groups in total. The molecule has 2 rings (SSSR count). The highest BCUT2D eigenvalue weighted by Gasteiger charge is 2.12. The summed E-state index contributed by atoms with van der Waals surface area (Å²) in [6.45, 7) is 0.356. The van der Waals surface area contributed by atoms with Crippen molar-refractivity contribution in [3.63, 3.8) is 0 Å². The molecule has 0 saturated carbocycles. The minimum Gasteiger partial charge on any atom is -0.388 e. The van der Waals surface area contributed by atoms with Gasteiger partial charge in [0.1, 0.15) is 0 Å². The van der Waals surface area contributed by atoms with Gasteiger partial charge in [0.05, 0.1) is 12.5 Å². The van der Waals surface area contributed by atoms with Crippen molar-refractivity contribution in [3.05, 3.63) is 71.3 Å². The second-order valence-corrected chi connectivity index (χ2v) is 5.18. The molecule has 5 heteroatoms. The average Bonchev–Trinajstić information content (AvgIpc) is 2.60. The van der Waals surface area contributed by atoms with E-state index in [4.69, 9.17) is 0 Å². The lowest BCUT2D eigenvalue weighted by atomic mass is 10.1. The van der Waals surface area contributed by atoms with Crippen LogP contribution in [0.25, 0.3) is 0 Å². The number of amides is 2. The Labute approximate surface area is 135 Å². The second-order valence-electron chi connectivity index (χ2n) is 5.18. The van der Waals surface area contributed by atoms with Crippen LogP contribution in [0.3, 0.4) is 0 Å². The highest BCUT2D eigenvalue weighted by Crippen LogP contribution is 2.15. The fraction of sp³-hybridized carbons (Fsp3) is 0.222. The molecule has 0 bridgehead atoms. The van der Waals surface area contributed by atoms with Crippen LogP contribution in [0, 0.1) is 0 Å². The molecule has 0 saturated heterocycles. The van der Waals surface area contributed by atoms with E-state index in [2.05, 4.69) is 10.6 Å². The van der Waals surface area contributed by atoms with Crippen molar-refractivity contribution in [2.24, 2.45) is 0 Å². The number of carbonyl (C=O) groups is 2. The maximum Gasteiger partial charge on any atom is 0.251 e. The Morgan fingerprint density at radius 2 is 1.70 bits per heavy atom. The van der Waals surface area contributed by atoms with E-state index in [1.54, 1.807) is 43.4 Å². The van der Waals surface area contributed by atoms with Gasteiger partial charge in [-0.15, -0.1) is 0 Å². The quantitative estimate of drug-likeness (QED) is 0.761. The number of nitrogens with one attached hydrogen (secondary N) is 2. The molecular weight excluding hydrogens is 292 g/mol. The fourth-order valence-electron chi connectivity index (χ4n) is 2.16. The van der Waals surface area contributed by atoms with E-state index in [1.165, 1.54) is 0 Å². The first-order valence-corrected chi connectivity index (χ1v) is 7.41. The molecule has 23 heavy (non-hydrogen) atoms. The van der Waals surface area contributed by atoms with Crippen molar-refractivity contribution in [2.45, 2.75) is 19.1 Å². The SMILES string of the molecule is CNC(=O)c1ccc(CNC(=O)CC(O)c2ccccc2)cc1. The molecule has 0 spiro atoms. The lowest BCUT2D eigenvalue weighted by Crippen LogP contribution is -2.24. The normalized spacial score (nSPS) is 11.6. The predicted octanol–water partition coefficient (Wildman–Crippen LogP) is 1.79. The van der Waals surface area contributed by atoms with Crippen LogP contribution < -0.4 is 10.6 Å². The van der Waals surface area contributed by atoms with Gasteiger partial charge in [0, 0.05) is 19.2 Å². The Bertz CT molecular complexity index is 654. The summed E-state index contributed by atoms with van der Waals surface area (Å²) in [6.07, 6.45) is -0.799. The van der Waals surface area contributed by atoms with Gasteiger partial charge in [-0.25, -0.2) is 0 Å². The molecule has 0 heterocycles. The van der Waals surface area contributed by atoms with Crippen molar-refractivity contribution in [1.29, 1.82) is 0 Å². The molecule has 0 aliphatic rings. The smallest absolute Gasteiger partial charge is 0.251 e. The van der Waals surface area contributed by atoms with Crippen molar-refractivity contribution in [1.82, 2.24) is 10.6 Å². The molecule has 0 aliphatic carbocycles. The van der Waals surface area contributed by atoms with Crippen LogP contribution in [-0.4, -0.2) is 24.0 Å². The summed E-state index contributed by atoms with van der Waals surface area (Å²) in [6, 6.07) is 16.1. The zero-order valence-corrected chi connectivity index (χ0v) is 13.0. The monoisotopic (exact) mass is 312 g/mol. The fourth-order valence-corrected chi connectivity index (χ4v) is 2.16. The van der Waals surface area contributed by atoms with Gasteiger partial charge in [0.25, 0.3) is 5.91 Å². The minimum atomic E-state index is -0.813. The van der Waals surface area contributed by atoms with Crippen molar-refractivity contribution in [2.75, 3.05) is 7.05 Å². The molecule has 2 aromatic rings. The third-order valence-electron chi connectivity index (χ3n) is 3.50. The third kappa shape index (κ3) is 4.93. The van der Waals surface area contributed by atoms with Crippen LogP contribution >= 0.6 is 0 Å². The third-order valence-corrected chi connectivity index (χ3v) is 3.50. The summed E-state index contributed by atoms with van der Waals surface area (Å²) >= 11 is 0. The number of carbonyl (C=O) groups excluding carboxylic acids is 2. The van der Waals surface area contributed by atoms with E-state index in [0.717, 1.165) is 11.1 Å². The molecule has 0 fully saturated rings. The van der Waals surface area contributed by atoms with Gasteiger partial charge < -0.3 is 15.7 Å². The Morgan fingerprint density at radius 3 is 2.30 bits per heavy atom. The Kier molecular flexibility index (Phi) is 5.88. The molecule has 2 aromatic carbocycles. The van der Waals surface area contributed by atoms with Crippen LogP contribution in [0.2, 0.25) is 0 Å². The van der Waals surface area contributed by atoms with Crippen LogP contribution in [-0.2, 0) is 11.3 Å². The molecule has 1 atom stereocenters. The molecule has 0 aromatic heterocycles. The lowest BCUT2D eigenvalue weighted by Gasteiger charge is -2.11. The van der Waals surface area contributed by atoms with Crippen molar-refractivity contribution >= 4 is 11.8 Å². The van der Waals surface area contributed by atoms with Gasteiger partial charge in [0.15, 0.2) is 0 Å². The van der Waals surface area contributed by atoms with Crippen molar-refractivity contribution in [3.8, 4) is 0 Å². The van der Waals surface area contributed by atoms with Gasteiger partial charge in [-0.05, 0) is 23.3 Å². The molecule has 1 unspecified atom stereocenters. The van der Waals surface area contributed by atoms with Crippen LogP contribution in [0.1, 0.15) is 34.0 Å². The van der Waals surface area contributed by atoms with Crippen LogP contribution in [0.4, 0.5) is 0 Å². The first-order chi connectivity index (χ1) is 11.1. The topological polar surface area (TPSA) is 78.4 Å². The van der Waals surface area contributed by atoms with E-state index < -0.39 is 6.10 Å². The molecule has 0 aliphatic heterocycles. The summed E-state index contributed by atoms with van der Waals surface area (Å²) in [5.74, 6) is -0.372. The molecule has 120 valence electrons. The summed E-state index contributed by atoms with van der Waals surface area (Å²) in [7, 11) is 1.58. The van der Waals surface area contributed by atoms with E-state index in [1.807, 2.05) is 18.2 Å².